The zero-order valence-corrected chi connectivity index (χ0v) is 15.8. The van der Waals surface area contributed by atoms with Gasteiger partial charge in [0.2, 0.25) is 11.9 Å². The molecule has 0 spiro atoms. The molecule has 0 saturated heterocycles. The molecule has 1 aliphatic rings. The first-order valence-electron chi connectivity index (χ1n) is 9.21. The molecule has 0 saturated carbocycles. The highest BCUT2D eigenvalue weighted by Crippen LogP contribution is 2.41. The number of hydrogen-bond donors (Lipinski definition) is 1. The summed E-state index contributed by atoms with van der Waals surface area (Å²) in [5.74, 6) is -1.82. The molecule has 4 aromatic rings. The van der Waals surface area contributed by atoms with Crippen LogP contribution in [0.1, 0.15) is 29.2 Å². The third-order valence-electron chi connectivity index (χ3n) is 5.41. The van der Waals surface area contributed by atoms with E-state index in [1.807, 2.05) is 35.9 Å². The summed E-state index contributed by atoms with van der Waals surface area (Å²) in [6.45, 7) is 1.79. The van der Waals surface area contributed by atoms with Crippen molar-refractivity contribution in [2.24, 2.45) is 7.05 Å². The highest BCUT2D eigenvalue weighted by molar-refractivity contribution is 5.95. The summed E-state index contributed by atoms with van der Waals surface area (Å²) in [5, 5.41) is 7.43. The third kappa shape index (κ3) is 2.55. The predicted octanol–water partition coefficient (Wildman–Crippen LogP) is 3.82. The minimum Gasteiger partial charge on any atom is -0.311 e. The van der Waals surface area contributed by atoms with Gasteiger partial charge in [-0.1, -0.05) is 24.3 Å². The molecular formula is C21H17F2N5O. The fourth-order valence-corrected chi connectivity index (χ4v) is 4.07. The van der Waals surface area contributed by atoms with Crippen LogP contribution in [0.15, 0.2) is 42.5 Å². The van der Waals surface area contributed by atoms with Gasteiger partial charge in [0.1, 0.15) is 5.82 Å². The number of carbonyl (C=O) groups is 1. The van der Waals surface area contributed by atoms with Crippen LogP contribution < -0.4 is 5.32 Å². The molecule has 1 amide bonds. The van der Waals surface area contributed by atoms with Crippen LogP contribution in [-0.4, -0.2) is 25.2 Å². The van der Waals surface area contributed by atoms with Crippen molar-refractivity contribution < 1.29 is 13.6 Å². The van der Waals surface area contributed by atoms with Crippen molar-refractivity contribution in [1.82, 2.24) is 19.3 Å². The molecule has 0 aliphatic carbocycles. The van der Waals surface area contributed by atoms with Gasteiger partial charge in [-0.2, -0.15) is 9.78 Å². The molecule has 0 radical (unpaired) electrons. The standard InChI is InChI=1S/C21H17F2N5O/c1-11-18-13(12-6-5-7-14(22)19(12)23)10-17(29)25-20(18)28(26-11)21-24-15-8-3-4-9-16(15)27(21)2/h3-9,13H,10H2,1-2H3,(H,25,29)/t13-/m0/s1. The van der Waals surface area contributed by atoms with Gasteiger partial charge in [-0.05, 0) is 30.7 Å². The number of para-hydroxylation sites is 2. The van der Waals surface area contributed by atoms with Gasteiger partial charge in [0.15, 0.2) is 11.6 Å². The minimum atomic E-state index is -0.937. The predicted molar refractivity (Wildman–Crippen MR) is 104 cm³/mol. The molecule has 6 nitrogen and oxygen atoms in total. The lowest BCUT2D eigenvalue weighted by Gasteiger charge is -2.24. The van der Waals surface area contributed by atoms with E-state index in [2.05, 4.69) is 15.4 Å². The molecule has 0 unspecified atom stereocenters. The van der Waals surface area contributed by atoms with Crippen LogP contribution in [0.5, 0.6) is 0 Å². The van der Waals surface area contributed by atoms with Gasteiger partial charge >= 0.3 is 0 Å². The average molecular weight is 393 g/mol. The van der Waals surface area contributed by atoms with E-state index in [4.69, 9.17) is 0 Å². The van der Waals surface area contributed by atoms with E-state index in [-0.39, 0.29) is 17.9 Å². The molecule has 29 heavy (non-hydrogen) atoms. The number of halogens is 2. The smallest absolute Gasteiger partial charge is 0.233 e. The molecule has 2 aromatic heterocycles. The molecule has 0 fully saturated rings. The molecule has 3 heterocycles. The number of imidazole rings is 1. The van der Waals surface area contributed by atoms with Crippen LogP contribution in [0.2, 0.25) is 0 Å². The monoisotopic (exact) mass is 393 g/mol. The summed E-state index contributed by atoms with van der Waals surface area (Å²) in [5.41, 5.74) is 3.15. The number of aromatic nitrogens is 4. The first-order chi connectivity index (χ1) is 14.0. The highest BCUT2D eigenvalue weighted by Gasteiger charge is 2.35. The summed E-state index contributed by atoms with van der Waals surface area (Å²) >= 11 is 0. The number of aryl methyl sites for hydroxylation is 2. The van der Waals surface area contributed by atoms with Gasteiger partial charge in [-0.3, -0.25) is 4.79 Å². The molecule has 2 aromatic carbocycles. The number of anilines is 1. The van der Waals surface area contributed by atoms with Crippen molar-refractivity contribution in [2.45, 2.75) is 19.3 Å². The Bertz CT molecular complexity index is 1290. The zero-order valence-electron chi connectivity index (χ0n) is 15.8. The second-order valence-corrected chi connectivity index (χ2v) is 7.17. The average Bonchev–Trinajstić information content (AvgIpc) is 3.21. The molecular weight excluding hydrogens is 376 g/mol. The van der Waals surface area contributed by atoms with Crippen molar-refractivity contribution in [2.75, 3.05) is 5.32 Å². The number of fused-ring (bicyclic) bond motifs is 2. The van der Waals surface area contributed by atoms with E-state index in [0.717, 1.165) is 17.1 Å². The number of rotatable bonds is 2. The van der Waals surface area contributed by atoms with E-state index >= 15 is 0 Å². The van der Waals surface area contributed by atoms with Crippen molar-refractivity contribution >= 4 is 22.8 Å². The number of nitrogens with zero attached hydrogens (tertiary/aromatic N) is 4. The third-order valence-corrected chi connectivity index (χ3v) is 5.41. The maximum atomic E-state index is 14.5. The van der Waals surface area contributed by atoms with Crippen LogP contribution in [-0.2, 0) is 11.8 Å². The summed E-state index contributed by atoms with van der Waals surface area (Å²) < 4.78 is 31.8. The Kier molecular flexibility index (Phi) is 3.77. The number of benzene rings is 2. The second-order valence-electron chi connectivity index (χ2n) is 7.17. The second kappa shape index (κ2) is 6.23. The summed E-state index contributed by atoms with van der Waals surface area (Å²) in [7, 11) is 1.86. The van der Waals surface area contributed by atoms with E-state index in [1.54, 1.807) is 11.6 Å². The summed E-state index contributed by atoms with van der Waals surface area (Å²) in [6, 6.07) is 11.7. The van der Waals surface area contributed by atoms with Crippen LogP contribution >= 0.6 is 0 Å². The van der Waals surface area contributed by atoms with Crippen molar-refractivity contribution in [3.05, 3.63) is 70.9 Å². The maximum Gasteiger partial charge on any atom is 0.233 e. The number of amides is 1. The Balaban J connectivity index is 1.73. The Morgan fingerprint density at radius 3 is 2.72 bits per heavy atom. The van der Waals surface area contributed by atoms with Crippen LogP contribution in [0.25, 0.3) is 17.0 Å². The fraction of sp³-hybridized carbons (Fsp3) is 0.190. The normalized spacial score (nSPS) is 16.1. The zero-order chi connectivity index (χ0) is 20.3. The highest BCUT2D eigenvalue weighted by atomic mass is 19.2. The molecule has 1 aliphatic heterocycles. The number of nitrogens with one attached hydrogen (secondary N) is 1. The molecule has 1 atom stereocenters. The van der Waals surface area contributed by atoms with Crippen molar-refractivity contribution in [3.63, 3.8) is 0 Å². The Morgan fingerprint density at radius 2 is 1.93 bits per heavy atom. The Morgan fingerprint density at radius 1 is 1.14 bits per heavy atom. The quantitative estimate of drug-likeness (QED) is 0.563. The summed E-state index contributed by atoms with van der Waals surface area (Å²) in [4.78, 5) is 17.1. The van der Waals surface area contributed by atoms with Gasteiger partial charge in [-0.25, -0.2) is 13.8 Å². The molecule has 1 N–H and O–H groups in total. The SMILES string of the molecule is Cc1nn(-c2nc3ccccc3n2C)c2c1[C@H](c1cccc(F)c1F)CC(=O)N2. The van der Waals surface area contributed by atoms with E-state index in [0.29, 0.717) is 23.0 Å². The fourth-order valence-electron chi connectivity index (χ4n) is 4.07. The van der Waals surface area contributed by atoms with E-state index in [9.17, 15) is 13.6 Å². The summed E-state index contributed by atoms with van der Waals surface area (Å²) in [6.07, 6.45) is 0.0163. The molecule has 146 valence electrons. The molecule has 8 heteroatoms. The van der Waals surface area contributed by atoms with Crippen LogP contribution in [0, 0.1) is 18.6 Å². The van der Waals surface area contributed by atoms with E-state index in [1.165, 1.54) is 12.1 Å². The first kappa shape index (κ1) is 17.5. The minimum absolute atomic E-state index is 0.0163. The van der Waals surface area contributed by atoms with Crippen molar-refractivity contribution in [1.29, 1.82) is 0 Å². The maximum absolute atomic E-state index is 14.5. The van der Waals surface area contributed by atoms with Gasteiger partial charge in [0.05, 0.1) is 16.7 Å². The number of carbonyl (C=O) groups excluding carboxylic acids is 1. The lowest BCUT2D eigenvalue weighted by atomic mass is 9.85. The Labute approximate surface area is 164 Å². The van der Waals surface area contributed by atoms with Crippen molar-refractivity contribution in [3.8, 4) is 5.95 Å². The largest absolute Gasteiger partial charge is 0.311 e. The van der Waals surface area contributed by atoms with Gasteiger partial charge in [0.25, 0.3) is 0 Å². The topological polar surface area (TPSA) is 64.7 Å². The van der Waals surface area contributed by atoms with Crippen LogP contribution in [0.3, 0.4) is 0 Å². The molecule has 0 bridgehead atoms. The Hall–Kier alpha value is -3.55. The lowest BCUT2D eigenvalue weighted by Crippen LogP contribution is -2.26. The number of hydrogen-bond acceptors (Lipinski definition) is 3. The first-order valence-corrected chi connectivity index (χ1v) is 9.21. The lowest BCUT2D eigenvalue weighted by molar-refractivity contribution is -0.116. The van der Waals surface area contributed by atoms with Gasteiger partial charge in [0, 0.05) is 24.9 Å². The van der Waals surface area contributed by atoms with Gasteiger partial charge < -0.3 is 9.88 Å². The van der Waals surface area contributed by atoms with E-state index < -0.39 is 17.6 Å². The van der Waals surface area contributed by atoms with Gasteiger partial charge in [-0.15, -0.1) is 0 Å². The molecule has 5 rings (SSSR count). The van der Waals surface area contributed by atoms with Crippen LogP contribution in [0.4, 0.5) is 14.6 Å².